The van der Waals surface area contributed by atoms with E-state index in [0.29, 0.717) is 19.4 Å². The van der Waals surface area contributed by atoms with Crippen molar-refractivity contribution in [2.24, 2.45) is 0 Å². The van der Waals surface area contributed by atoms with Crippen LogP contribution in [0.25, 0.3) is 0 Å². The van der Waals surface area contributed by atoms with Crippen LogP contribution in [0.2, 0.25) is 0 Å². The van der Waals surface area contributed by atoms with Crippen molar-refractivity contribution in [1.82, 2.24) is 5.32 Å². The summed E-state index contributed by atoms with van der Waals surface area (Å²) in [4.78, 5) is 35.0. The lowest BCUT2D eigenvalue weighted by atomic mass is 10.2. The molecule has 0 amide bonds. The molecule has 9 nitrogen and oxygen atoms in total. The van der Waals surface area contributed by atoms with Crippen molar-refractivity contribution < 1.29 is 37.6 Å². The van der Waals surface area contributed by atoms with Gasteiger partial charge in [-0.3, -0.25) is 18.6 Å². The van der Waals surface area contributed by atoms with Crippen molar-refractivity contribution in [2.45, 2.75) is 136 Å². The molecule has 0 aromatic rings. The van der Waals surface area contributed by atoms with E-state index in [1.807, 2.05) is 24.3 Å². The van der Waals surface area contributed by atoms with E-state index in [0.717, 1.165) is 64.2 Å². The topological polar surface area (TPSA) is 120 Å². The lowest BCUT2D eigenvalue weighted by Gasteiger charge is -2.19. The van der Waals surface area contributed by atoms with Gasteiger partial charge in [-0.1, -0.05) is 160 Å². The number of phosphoric acid groups is 1. The van der Waals surface area contributed by atoms with E-state index in [9.17, 15) is 19.0 Å². The van der Waals surface area contributed by atoms with E-state index in [1.165, 1.54) is 25.7 Å². The third-order valence-corrected chi connectivity index (χ3v) is 9.27. The minimum absolute atomic E-state index is 0.0499. The van der Waals surface area contributed by atoms with E-state index in [-0.39, 0.29) is 26.1 Å². The molecule has 2 unspecified atom stereocenters. The van der Waals surface area contributed by atoms with E-state index in [4.69, 9.17) is 18.5 Å². The van der Waals surface area contributed by atoms with Gasteiger partial charge in [0.05, 0.1) is 13.2 Å². The number of rotatable bonds is 39. The molecule has 0 saturated carbocycles. The van der Waals surface area contributed by atoms with Gasteiger partial charge in [0.2, 0.25) is 0 Å². The van der Waals surface area contributed by atoms with Crippen molar-refractivity contribution in [3.63, 3.8) is 0 Å². The molecule has 0 aromatic heterocycles. The summed E-state index contributed by atoms with van der Waals surface area (Å²) in [7, 11) is -2.72. The number of ether oxygens (including phenoxy) is 2. The first-order valence-electron chi connectivity index (χ1n) is 22.1. The molecule has 0 saturated heterocycles. The largest absolute Gasteiger partial charge is 0.472 e. The fraction of sp³-hybridized carbons (Fsp3) is 0.520. The number of phosphoric ester groups is 1. The molecular weight excluding hydrogens is 774 g/mol. The molecule has 0 aliphatic heterocycles. The monoisotopic (exact) mass is 852 g/mol. The average Bonchev–Trinajstić information content (AvgIpc) is 3.23. The SMILES string of the molecule is CC/C=C\C/C=C\C/C=C\C/C=C\C/C=C\C/C=C\CCC(=O)OCC(COP(=O)(O)OCCNC)OC(=O)CC/C=C\C/C=C\C/C=C\C/C=C\C/C=C\CCCCC. The van der Waals surface area contributed by atoms with Crippen LogP contribution in [0.5, 0.6) is 0 Å². The number of hydrogen-bond donors (Lipinski definition) is 2. The number of nitrogens with one attached hydrogen (secondary N) is 1. The predicted molar refractivity (Wildman–Crippen MR) is 251 cm³/mol. The van der Waals surface area contributed by atoms with E-state index < -0.39 is 32.5 Å². The molecule has 0 radical (unpaired) electrons. The molecule has 0 heterocycles. The third-order valence-electron chi connectivity index (χ3n) is 8.28. The van der Waals surface area contributed by atoms with Gasteiger partial charge in [0.1, 0.15) is 6.61 Å². The van der Waals surface area contributed by atoms with E-state index in [2.05, 4.69) is 129 Å². The Kier molecular flexibility index (Phi) is 41.8. The Morgan fingerprint density at radius 1 is 0.533 bits per heavy atom. The molecular formula is C50H78NO8P. The zero-order chi connectivity index (χ0) is 43.9. The van der Waals surface area contributed by atoms with Crippen LogP contribution < -0.4 is 5.32 Å². The van der Waals surface area contributed by atoms with Crippen molar-refractivity contribution >= 4 is 19.8 Å². The standard InChI is InChI=1S/C50H78NO8P/c1-4-6-8-10-12-14-16-18-20-22-24-26-28-30-32-34-36-38-40-42-49(52)56-46-48(47-58-60(54,55)57-45-44-51-3)59-50(53)43-41-39-37-35-33-31-29-27-25-23-21-19-17-15-13-11-9-7-5-2/h6,8,12-15,18-21,24-27,30-33,36-39,48,51H,4-5,7,9-11,16-17,22-23,28-29,34-35,40-47H2,1-3H3,(H,54,55)/b8-6-,14-12-,15-13-,20-18-,21-19-,26-24-,27-25-,32-30-,33-31-,38-36-,39-37-. The smallest absolute Gasteiger partial charge is 0.462 e. The minimum atomic E-state index is -4.40. The van der Waals surface area contributed by atoms with Gasteiger partial charge in [-0.2, -0.15) is 0 Å². The van der Waals surface area contributed by atoms with Crippen LogP contribution in [0.1, 0.15) is 129 Å². The molecule has 0 fully saturated rings. The fourth-order valence-corrected chi connectivity index (χ4v) is 5.72. The molecule has 2 N–H and O–H groups in total. The summed E-state index contributed by atoms with van der Waals surface area (Å²) in [6.45, 7) is 3.87. The molecule has 2 atom stereocenters. The minimum Gasteiger partial charge on any atom is -0.462 e. The molecule has 0 aliphatic carbocycles. The predicted octanol–water partition coefficient (Wildman–Crippen LogP) is 13.0. The first-order valence-corrected chi connectivity index (χ1v) is 23.6. The summed E-state index contributed by atoms with van der Waals surface area (Å²) in [5, 5.41) is 2.81. The van der Waals surface area contributed by atoms with Gasteiger partial charge in [0.25, 0.3) is 0 Å². The first-order chi connectivity index (χ1) is 29.3. The third kappa shape index (κ3) is 43.7. The van der Waals surface area contributed by atoms with Gasteiger partial charge < -0.3 is 19.7 Å². The maximum atomic E-state index is 12.6. The highest BCUT2D eigenvalue weighted by Gasteiger charge is 2.26. The van der Waals surface area contributed by atoms with E-state index >= 15 is 0 Å². The quantitative estimate of drug-likeness (QED) is 0.0269. The van der Waals surface area contributed by atoms with Crippen molar-refractivity contribution in [2.75, 3.05) is 33.4 Å². The summed E-state index contributed by atoms with van der Waals surface area (Å²) >= 11 is 0. The van der Waals surface area contributed by atoms with Crippen LogP contribution in [-0.2, 0) is 32.7 Å². The van der Waals surface area contributed by atoms with Crippen LogP contribution in [-0.4, -0.2) is 56.3 Å². The summed E-state index contributed by atoms with van der Waals surface area (Å²) in [6.07, 6.45) is 61.0. The highest BCUT2D eigenvalue weighted by Crippen LogP contribution is 2.43. The van der Waals surface area contributed by atoms with Crippen LogP contribution in [0.15, 0.2) is 134 Å². The van der Waals surface area contributed by atoms with Gasteiger partial charge in [-0.15, -0.1) is 0 Å². The summed E-state index contributed by atoms with van der Waals surface area (Å²) in [6, 6.07) is 0. The van der Waals surface area contributed by atoms with Crippen LogP contribution in [0.3, 0.4) is 0 Å². The molecule has 0 aromatic carbocycles. The summed E-state index contributed by atoms with van der Waals surface area (Å²) < 4.78 is 33.0. The van der Waals surface area contributed by atoms with Gasteiger partial charge in [-0.25, -0.2) is 4.57 Å². The Balaban J connectivity index is 4.50. The number of likely N-dealkylation sites (N-methyl/N-ethyl adjacent to an activating group) is 1. The van der Waals surface area contributed by atoms with Crippen LogP contribution >= 0.6 is 7.82 Å². The normalized spacial score (nSPS) is 14.5. The fourth-order valence-electron chi connectivity index (χ4n) is 4.97. The number of unbranched alkanes of at least 4 members (excludes halogenated alkanes) is 3. The van der Waals surface area contributed by atoms with Gasteiger partial charge in [0.15, 0.2) is 6.10 Å². The molecule has 0 rings (SSSR count). The average molecular weight is 852 g/mol. The Labute approximate surface area is 364 Å². The van der Waals surface area contributed by atoms with Gasteiger partial charge >= 0.3 is 19.8 Å². The molecule has 336 valence electrons. The van der Waals surface area contributed by atoms with Crippen LogP contribution in [0.4, 0.5) is 0 Å². The second-order valence-corrected chi connectivity index (χ2v) is 15.2. The summed E-state index contributed by atoms with van der Waals surface area (Å²) in [5.74, 6) is -1.02. The van der Waals surface area contributed by atoms with Gasteiger partial charge in [0, 0.05) is 19.4 Å². The zero-order valence-electron chi connectivity index (χ0n) is 37.1. The number of hydrogen-bond acceptors (Lipinski definition) is 8. The molecule has 0 spiro atoms. The lowest BCUT2D eigenvalue weighted by Crippen LogP contribution is -2.29. The molecule has 60 heavy (non-hydrogen) atoms. The molecule has 0 aliphatic rings. The molecule has 0 bridgehead atoms. The Bertz CT molecular complexity index is 1430. The second kappa shape index (κ2) is 44.7. The van der Waals surface area contributed by atoms with Crippen LogP contribution in [0, 0.1) is 0 Å². The maximum Gasteiger partial charge on any atom is 0.472 e. The Morgan fingerprint density at radius 3 is 1.35 bits per heavy atom. The molecule has 10 heteroatoms. The summed E-state index contributed by atoms with van der Waals surface area (Å²) in [5.41, 5.74) is 0. The second-order valence-electron chi connectivity index (χ2n) is 13.8. The Hall–Kier alpha value is -3.85. The van der Waals surface area contributed by atoms with Gasteiger partial charge in [-0.05, 0) is 96.9 Å². The zero-order valence-corrected chi connectivity index (χ0v) is 38.0. The number of allylic oxidation sites excluding steroid dienone is 22. The number of carbonyl (C=O) groups excluding carboxylic acids is 2. The number of carbonyl (C=O) groups is 2. The van der Waals surface area contributed by atoms with Crippen molar-refractivity contribution in [3.8, 4) is 0 Å². The Morgan fingerprint density at radius 2 is 0.933 bits per heavy atom. The highest BCUT2D eigenvalue weighted by molar-refractivity contribution is 7.47. The maximum absolute atomic E-state index is 12.6. The van der Waals surface area contributed by atoms with Crippen molar-refractivity contribution in [3.05, 3.63) is 134 Å². The lowest BCUT2D eigenvalue weighted by molar-refractivity contribution is -0.161. The highest BCUT2D eigenvalue weighted by atomic mass is 31.2. The van der Waals surface area contributed by atoms with E-state index in [1.54, 1.807) is 7.05 Å². The number of esters is 2. The van der Waals surface area contributed by atoms with Crippen molar-refractivity contribution in [1.29, 1.82) is 0 Å². The first kappa shape index (κ1) is 56.1.